The second-order valence-corrected chi connectivity index (χ2v) is 9.80. The van der Waals surface area contributed by atoms with E-state index in [4.69, 9.17) is 0 Å². The SMILES string of the molecule is Fc1ccc2c3cc4c(ccc5c4cc4c6ccccc6c6cccc5c64)cc3c3cccc1c32. The fraction of sp³-hybridized carbons (Fsp3) is 0. The molecule has 0 aromatic heterocycles. The summed E-state index contributed by atoms with van der Waals surface area (Å²) in [5.74, 6) is -0.155. The van der Waals surface area contributed by atoms with Crippen molar-refractivity contribution in [3.8, 4) is 0 Å². The van der Waals surface area contributed by atoms with E-state index in [1.54, 1.807) is 6.07 Å². The predicted molar refractivity (Wildman–Crippen MR) is 149 cm³/mol. The van der Waals surface area contributed by atoms with Crippen LogP contribution in [0.3, 0.4) is 0 Å². The van der Waals surface area contributed by atoms with Crippen molar-refractivity contribution in [2.45, 2.75) is 0 Å². The monoisotopic (exact) mass is 444 g/mol. The summed E-state index contributed by atoms with van der Waals surface area (Å²) in [6, 6.07) is 36.5. The van der Waals surface area contributed by atoms with Crippen LogP contribution in [0.25, 0.3) is 86.2 Å². The standard InChI is InChI=1S/C34H17F/c35-32-14-13-25-30-16-27-18(15-28(30)24-9-4-10-26(32)33(24)25)11-12-21-23-8-3-7-22-19-5-1-2-6-20(19)31(34(22)23)17-29(21)27/h1-17H. The molecule has 0 saturated heterocycles. The molecular weight excluding hydrogens is 427 g/mol. The summed E-state index contributed by atoms with van der Waals surface area (Å²) in [6.07, 6.45) is 0. The van der Waals surface area contributed by atoms with Crippen LogP contribution in [0.5, 0.6) is 0 Å². The topological polar surface area (TPSA) is 0 Å². The molecule has 0 bridgehead atoms. The Morgan fingerprint density at radius 2 is 0.800 bits per heavy atom. The van der Waals surface area contributed by atoms with E-state index in [0.29, 0.717) is 5.39 Å². The highest BCUT2D eigenvalue weighted by Gasteiger charge is 2.17. The van der Waals surface area contributed by atoms with Crippen LogP contribution in [0.4, 0.5) is 4.39 Å². The van der Waals surface area contributed by atoms with Crippen molar-refractivity contribution >= 4 is 86.2 Å². The molecule has 160 valence electrons. The first-order valence-corrected chi connectivity index (χ1v) is 12.1. The number of halogens is 1. The summed E-state index contributed by atoms with van der Waals surface area (Å²) >= 11 is 0. The predicted octanol–water partition coefficient (Wildman–Crippen LogP) is 9.93. The molecule has 0 aliphatic carbocycles. The minimum atomic E-state index is -0.155. The molecule has 0 radical (unpaired) electrons. The van der Waals surface area contributed by atoms with Crippen molar-refractivity contribution in [1.82, 2.24) is 0 Å². The van der Waals surface area contributed by atoms with Crippen LogP contribution in [-0.4, -0.2) is 0 Å². The number of fused-ring (bicyclic) bond motifs is 10. The third-order valence-corrected chi connectivity index (χ3v) is 8.19. The lowest BCUT2D eigenvalue weighted by molar-refractivity contribution is 0.640. The summed E-state index contributed by atoms with van der Waals surface area (Å²) in [5.41, 5.74) is 0. The molecule has 0 aliphatic heterocycles. The average molecular weight is 445 g/mol. The second-order valence-electron chi connectivity index (χ2n) is 9.80. The van der Waals surface area contributed by atoms with Crippen molar-refractivity contribution in [2.24, 2.45) is 0 Å². The first-order chi connectivity index (χ1) is 17.3. The maximum atomic E-state index is 14.6. The molecule has 9 aromatic carbocycles. The van der Waals surface area contributed by atoms with Crippen LogP contribution in [0.15, 0.2) is 103 Å². The van der Waals surface area contributed by atoms with E-state index in [2.05, 4.69) is 78.9 Å². The van der Waals surface area contributed by atoms with Crippen LogP contribution in [0, 0.1) is 5.82 Å². The zero-order chi connectivity index (χ0) is 22.8. The molecule has 0 fully saturated rings. The first kappa shape index (κ1) is 17.9. The van der Waals surface area contributed by atoms with E-state index < -0.39 is 0 Å². The fourth-order valence-corrected chi connectivity index (χ4v) is 6.72. The molecule has 35 heavy (non-hydrogen) atoms. The smallest absolute Gasteiger partial charge is 0.131 e. The van der Waals surface area contributed by atoms with Gasteiger partial charge in [0.25, 0.3) is 0 Å². The van der Waals surface area contributed by atoms with Gasteiger partial charge in [0.1, 0.15) is 5.82 Å². The van der Waals surface area contributed by atoms with Gasteiger partial charge >= 0.3 is 0 Å². The van der Waals surface area contributed by atoms with Crippen molar-refractivity contribution < 1.29 is 4.39 Å². The quantitative estimate of drug-likeness (QED) is 0.204. The maximum absolute atomic E-state index is 14.6. The van der Waals surface area contributed by atoms with Gasteiger partial charge in [-0.25, -0.2) is 4.39 Å². The average Bonchev–Trinajstić information content (AvgIpc) is 3.40. The Bertz CT molecular complexity index is 2320. The van der Waals surface area contributed by atoms with Gasteiger partial charge in [-0.05, 0) is 99.7 Å². The molecule has 9 aromatic rings. The van der Waals surface area contributed by atoms with Gasteiger partial charge in [0.2, 0.25) is 0 Å². The van der Waals surface area contributed by atoms with Gasteiger partial charge in [-0.1, -0.05) is 78.9 Å². The van der Waals surface area contributed by atoms with Crippen LogP contribution in [0.1, 0.15) is 0 Å². The summed E-state index contributed by atoms with van der Waals surface area (Å²) in [6.45, 7) is 0. The minimum absolute atomic E-state index is 0.155. The molecule has 0 spiro atoms. The van der Waals surface area contributed by atoms with E-state index >= 15 is 0 Å². The third kappa shape index (κ3) is 2.04. The van der Waals surface area contributed by atoms with E-state index in [9.17, 15) is 4.39 Å². The Hall–Kier alpha value is -4.49. The molecule has 0 atom stereocenters. The highest BCUT2D eigenvalue weighted by Crippen LogP contribution is 2.45. The molecule has 0 N–H and O–H groups in total. The van der Waals surface area contributed by atoms with Gasteiger partial charge in [0, 0.05) is 10.8 Å². The Morgan fingerprint density at radius 1 is 0.314 bits per heavy atom. The lowest BCUT2D eigenvalue weighted by Crippen LogP contribution is -1.82. The Kier molecular flexibility index (Phi) is 3.04. The Morgan fingerprint density at radius 3 is 1.60 bits per heavy atom. The third-order valence-electron chi connectivity index (χ3n) is 8.19. The normalized spacial score (nSPS) is 12.7. The van der Waals surface area contributed by atoms with Gasteiger partial charge < -0.3 is 0 Å². The van der Waals surface area contributed by atoms with E-state index in [1.165, 1.54) is 64.6 Å². The molecule has 1 heteroatoms. The fourth-order valence-electron chi connectivity index (χ4n) is 6.72. The second kappa shape index (κ2) is 5.95. The van der Waals surface area contributed by atoms with Gasteiger partial charge in [0.15, 0.2) is 0 Å². The molecule has 0 aliphatic rings. The van der Waals surface area contributed by atoms with Crippen molar-refractivity contribution in [3.05, 3.63) is 109 Å². The molecule has 9 rings (SSSR count). The summed E-state index contributed by atoms with van der Waals surface area (Å²) in [4.78, 5) is 0. The zero-order valence-corrected chi connectivity index (χ0v) is 18.7. The van der Waals surface area contributed by atoms with Crippen LogP contribution < -0.4 is 0 Å². The van der Waals surface area contributed by atoms with Crippen LogP contribution in [-0.2, 0) is 0 Å². The largest absolute Gasteiger partial charge is 0.206 e. The van der Waals surface area contributed by atoms with E-state index in [0.717, 1.165) is 16.2 Å². The number of hydrogen-bond acceptors (Lipinski definition) is 0. The maximum Gasteiger partial charge on any atom is 0.131 e. The Labute approximate surface area is 199 Å². The highest BCUT2D eigenvalue weighted by molar-refractivity contribution is 6.37. The minimum Gasteiger partial charge on any atom is -0.206 e. The number of rotatable bonds is 0. The molecule has 0 nitrogen and oxygen atoms in total. The van der Waals surface area contributed by atoms with Crippen molar-refractivity contribution in [3.63, 3.8) is 0 Å². The van der Waals surface area contributed by atoms with Crippen molar-refractivity contribution in [1.29, 1.82) is 0 Å². The molecule has 0 unspecified atom stereocenters. The summed E-state index contributed by atoms with van der Waals surface area (Å²) < 4.78 is 14.6. The molecule has 0 amide bonds. The number of benzene rings is 7. The van der Waals surface area contributed by atoms with Gasteiger partial charge in [0.05, 0.1) is 0 Å². The van der Waals surface area contributed by atoms with Crippen LogP contribution in [0.2, 0.25) is 0 Å². The lowest BCUT2D eigenvalue weighted by atomic mass is 9.94. The Balaban J connectivity index is 1.54. The van der Waals surface area contributed by atoms with E-state index in [1.807, 2.05) is 18.2 Å². The molecule has 0 saturated carbocycles. The summed E-state index contributed by atoms with van der Waals surface area (Å²) in [7, 11) is 0. The first-order valence-electron chi connectivity index (χ1n) is 12.1. The highest BCUT2D eigenvalue weighted by atomic mass is 19.1. The molecular formula is C34H17F. The van der Waals surface area contributed by atoms with Gasteiger partial charge in [-0.15, -0.1) is 0 Å². The zero-order valence-electron chi connectivity index (χ0n) is 18.7. The van der Waals surface area contributed by atoms with Crippen LogP contribution >= 0.6 is 0 Å². The van der Waals surface area contributed by atoms with Crippen molar-refractivity contribution in [2.75, 3.05) is 0 Å². The van der Waals surface area contributed by atoms with E-state index in [-0.39, 0.29) is 5.82 Å². The summed E-state index contributed by atoms with van der Waals surface area (Å²) in [5, 5.41) is 19.3. The lowest BCUT2D eigenvalue weighted by Gasteiger charge is -2.10. The van der Waals surface area contributed by atoms with Gasteiger partial charge in [-0.2, -0.15) is 0 Å². The molecule has 0 heterocycles. The van der Waals surface area contributed by atoms with Gasteiger partial charge in [-0.3, -0.25) is 0 Å². The number of hydrogen-bond donors (Lipinski definition) is 0.